The molecule has 242 valence electrons. The lowest BCUT2D eigenvalue weighted by Gasteiger charge is -2.44. The molecule has 0 aromatic heterocycles. The Kier molecular flexibility index (Phi) is 9.23. The number of benzene rings is 2. The van der Waals surface area contributed by atoms with Gasteiger partial charge < -0.3 is 69.6 Å². The quantitative estimate of drug-likeness (QED) is 0.176. The van der Waals surface area contributed by atoms with Crippen LogP contribution in [0.15, 0.2) is 30.3 Å². The number of hydrogen-bond donors (Lipinski definition) is 9. The number of carbonyl (C=O) groups is 1. The van der Waals surface area contributed by atoms with Crippen molar-refractivity contribution in [2.75, 3.05) is 13.7 Å². The fraction of sp³-hybridized carbons (Fsp3) is 0.552. The van der Waals surface area contributed by atoms with Crippen LogP contribution in [0.2, 0.25) is 0 Å². The Labute approximate surface area is 251 Å². The smallest absolute Gasteiger partial charge is 0.203 e. The fourth-order valence-corrected chi connectivity index (χ4v) is 5.75. The normalized spacial score (nSPS) is 37.2. The second kappa shape index (κ2) is 12.6. The van der Waals surface area contributed by atoms with E-state index in [9.17, 15) is 50.8 Å². The summed E-state index contributed by atoms with van der Waals surface area (Å²) < 4.78 is 28.5. The van der Waals surface area contributed by atoms with Crippen LogP contribution in [-0.2, 0) is 14.2 Å². The van der Waals surface area contributed by atoms with Gasteiger partial charge in [-0.05, 0) is 30.0 Å². The third-order valence-electron chi connectivity index (χ3n) is 8.32. The molecule has 44 heavy (non-hydrogen) atoms. The van der Waals surface area contributed by atoms with E-state index in [0.717, 1.165) is 12.1 Å². The first-order valence-corrected chi connectivity index (χ1v) is 14.0. The van der Waals surface area contributed by atoms with E-state index >= 15 is 0 Å². The Bertz CT molecular complexity index is 1350. The number of phenolic OH excluding ortho intramolecular Hbond substituents is 3. The third-order valence-corrected chi connectivity index (χ3v) is 8.32. The van der Waals surface area contributed by atoms with Gasteiger partial charge in [0.15, 0.2) is 30.0 Å². The van der Waals surface area contributed by atoms with E-state index in [1.54, 1.807) is 6.92 Å². The molecule has 15 heteroatoms. The number of aliphatic hydroxyl groups excluding tert-OH is 6. The monoisotopic (exact) mass is 624 g/mol. The van der Waals surface area contributed by atoms with Crippen LogP contribution in [0.1, 0.15) is 35.4 Å². The molecule has 0 radical (unpaired) electrons. The number of ketones is 1. The molecular formula is C29H36O15. The molecule has 15 nitrogen and oxygen atoms in total. The molecule has 3 aliphatic rings. The second-order valence-electron chi connectivity index (χ2n) is 11.3. The van der Waals surface area contributed by atoms with E-state index in [1.165, 1.54) is 25.3 Å². The molecule has 2 aliphatic heterocycles. The molecule has 2 heterocycles. The molecule has 5 rings (SSSR count). The molecule has 1 saturated heterocycles. The van der Waals surface area contributed by atoms with Crippen molar-refractivity contribution >= 4 is 5.78 Å². The summed E-state index contributed by atoms with van der Waals surface area (Å²) in [5.41, 5.74) is -0.0832. The van der Waals surface area contributed by atoms with Crippen molar-refractivity contribution in [1.82, 2.24) is 0 Å². The van der Waals surface area contributed by atoms with Gasteiger partial charge in [-0.3, -0.25) is 4.79 Å². The van der Waals surface area contributed by atoms with Gasteiger partial charge in [0.25, 0.3) is 0 Å². The first kappa shape index (κ1) is 32.2. The predicted molar refractivity (Wildman–Crippen MR) is 145 cm³/mol. The van der Waals surface area contributed by atoms with Crippen LogP contribution in [0.3, 0.4) is 0 Å². The fourth-order valence-electron chi connectivity index (χ4n) is 5.75. The van der Waals surface area contributed by atoms with Crippen molar-refractivity contribution in [2.24, 2.45) is 5.92 Å². The molecule has 12 unspecified atom stereocenters. The van der Waals surface area contributed by atoms with Crippen molar-refractivity contribution in [3.63, 3.8) is 0 Å². The average molecular weight is 625 g/mol. The molecule has 0 spiro atoms. The molecule has 1 saturated carbocycles. The highest BCUT2D eigenvalue weighted by atomic mass is 16.7. The molecule has 12 atom stereocenters. The maximum absolute atomic E-state index is 13.7. The Hall–Kier alpha value is -3.25. The highest BCUT2D eigenvalue weighted by Gasteiger charge is 2.50. The maximum Gasteiger partial charge on any atom is 0.203 e. The Balaban J connectivity index is 1.41. The van der Waals surface area contributed by atoms with Crippen molar-refractivity contribution in [3.05, 3.63) is 41.5 Å². The minimum atomic E-state index is -1.88. The summed E-state index contributed by atoms with van der Waals surface area (Å²) in [5, 5.41) is 93.0. The predicted octanol–water partition coefficient (Wildman–Crippen LogP) is -1.17. The summed E-state index contributed by atoms with van der Waals surface area (Å²) in [6.07, 6.45) is -16.4. The van der Waals surface area contributed by atoms with Gasteiger partial charge >= 0.3 is 0 Å². The van der Waals surface area contributed by atoms with Gasteiger partial charge in [-0.15, -0.1) is 0 Å². The number of aliphatic hydroxyl groups is 6. The molecule has 9 N–H and O–H groups in total. The highest BCUT2D eigenvalue weighted by molar-refractivity contribution is 6.05. The molecule has 0 bridgehead atoms. The zero-order valence-corrected chi connectivity index (χ0v) is 23.7. The summed E-state index contributed by atoms with van der Waals surface area (Å²) in [5.74, 6) is -2.62. The van der Waals surface area contributed by atoms with Crippen molar-refractivity contribution in [3.8, 4) is 28.7 Å². The van der Waals surface area contributed by atoms with Crippen LogP contribution in [0.25, 0.3) is 0 Å². The summed E-state index contributed by atoms with van der Waals surface area (Å²) in [7, 11) is 1.31. The number of carbonyl (C=O) groups excluding carboxylic acids is 1. The van der Waals surface area contributed by atoms with Crippen LogP contribution in [0, 0.1) is 5.92 Å². The lowest BCUT2D eigenvalue weighted by atomic mass is 9.82. The van der Waals surface area contributed by atoms with Gasteiger partial charge in [-0.2, -0.15) is 0 Å². The first-order valence-electron chi connectivity index (χ1n) is 14.0. The van der Waals surface area contributed by atoms with Gasteiger partial charge in [-0.25, -0.2) is 0 Å². The van der Waals surface area contributed by atoms with Crippen molar-refractivity contribution in [2.45, 2.75) is 80.7 Å². The summed E-state index contributed by atoms with van der Waals surface area (Å²) in [6, 6.07) is 6.10. The standard InChI is InChI=1S/C29H36O15/c1-10-5-17(21(34)24(37)20(10)33)41-9-18-22(35)25(38)26(39)29(43-18)44-28-23(36)19-14(32)7-12(30)8-16(19)42-27(28)11-3-4-13(31)15(6-11)40-2/h3-4,6-8,10,17-18,20-22,24-35,37-39H,5,9H2,1-2H3. The van der Waals surface area contributed by atoms with Crippen molar-refractivity contribution < 1.29 is 74.4 Å². The van der Waals surface area contributed by atoms with Gasteiger partial charge in [0.2, 0.25) is 5.78 Å². The molecule has 1 aliphatic carbocycles. The number of ether oxygens (including phenoxy) is 5. The number of phenols is 3. The van der Waals surface area contributed by atoms with E-state index in [1.807, 2.05) is 0 Å². The molecule has 2 aromatic rings. The number of Topliss-reactive ketones (excluding diaryl/α,β-unsaturated/α-hetero) is 1. The van der Waals surface area contributed by atoms with Gasteiger partial charge in [-0.1, -0.05) is 13.0 Å². The SMILES string of the molecule is COc1cc(C2Oc3cc(O)cc(O)c3C(=O)C2OC2OC(COC3CC(C)C(O)C(O)C3O)C(O)C(O)C2O)ccc1O. The van der Waals surface area contributed by atoms with E-state index < -0.39 is 91.4 Å². The maximum atomic E-state index is 13.7. The van der Waals surface area contributed by atoms with E-state index in [0.29, 0.717) is 0 Å². The molecular weight excluding hydrogens is 588 g/mol. The van der Waals surface area contributed by atoms with Crippen LogP contribution < -0.4 is 9.47 Å². The number of methoxy groups -OCH3 is 1. The first-order chi connectivity index (χ1) is 20.8. The van der Waals surface area contributed by atoms with E-state index in [-0.39, 0.29) is 40.5 Å². The Morgan fingerprint density at radius 1 is 0.864 bits per heavy atom. The lowest BCUT2D eigenvalue weighted by molar-refractivity contribution is -0.316. The highest BCUT2D eigenvalue weighted by Crippen LogP contribution is 2.44. The number of hydrogen-bond acceptors (Lipinski definition) is 15. The summed E-state index contributed by atoms with van der Waals surface area (Å²) in [6.45, 7) is 1.21. The lowest BCUT2D eigenvalue weighted by Crippen LogP contribution is -2.61. The second-order valence-corrected chi connectivity index (χ2v) is 11.3. The van der Waals surface area contributed by atoms with Gasteiger partial charge in [0.05, 0.1) is 25.9 Å². The van der Waals surface area contributed by atoms with Crippen LogP contribution in [0.5, 0.6) is 28.7 Å². The molecule has 2 aromatic carbocycles. The summed E-state index contributed by atoms with van der Waals surface area (Å²) in [4.78, 5) is 13.7. The molecule has 2 fully saturated rings. The zero-order valence-electron chi connectivity index (χ0n) is 23.7. The topological polar surface area (TPSA) is 245 Å². The number of aromatic hydroxyl groups is 3. The minimum absolute atomic E-state index is 0.0309. The largest absolute Gasteiger partial charge is 0.508 e. The van der Waals surface area contributed by atoms with Crippen LogP contribution in [-0.4, -0.2) is 127 Å². The summed E-state index contributed by atoms with van der Waals surface area (Å²) >= 11 is 0. The van der Waals surface area contributed by atoms with Crippen LogP contribution in [0.4, 0.5) is 0 Å². The van der Waals surface area contributed by atoms with E-state index in [4.69, 9.17) is 23.7 Å². The minimum Gasteiger partial charge on any atom is -0.508 e. The van der Waals surface area contributed by atoms with Gasteiger partial charge in [0, 0.05) is 12.1 Å². The van der Waals surface area contributed by atoms with Crippen molar-refractivity contribution in [1.29, 1.82) is 0 Å². The third kappa shape index (κ3) is 5.90. The zero-order chi connectivity index (χ0) is 32.0. The number of fused-ring (bicyclic) bond motifs is 1. The Morgan fingerprint density at radius 2 is 1.57 bits per heavy atom. The van der Waals surface area contributed by atoms with E-state index in [2.05, 4.69) is 0 Å². The number of rotatable bonds is 7. The molecule has 0 amide bonds. The Morgan fingerprint density at radius 3 is 2.27 bits per heavy atom. The van der Waals surface area contributed by atoms with Gasteiger partial charge in [0.1, 0.15) is 59.4 Å². The van der Waals surface area contributed by atoms with Crippen LogP contribution >= 0.6 is 0 Å². The average Bonchev–Trinajstić information content (AvgIpc) is 2.98.